The van der Waals surface area contributed by atoms with Gasteiger partial charge in [0.2, 0.25) is 0 Å². The molecular weight excluding hydrogens is 220 g/mol. The summed E-state index contributed by atoms with van der Waals surface area (Å²) in [7, 11) is 1.51. The van der Waals surface area contributed by atoms with Crippen molar-refractivity contribution in [3.63, 3.8) is 0 Å². The summed E-state index contributed by atoms with van der Waals surface area (Å²) in [6.45, 7) is 1.88. The van der Waals surface area contributed by atoms with Crippen molar-refractivity contribution in [1.82, 2.24) is 0 Å². The Kier molecular flexibility index (Phi) is 3.07. The van der Waals surface area contributed by atoms with Gasteiger partial charge in [0.25, 0.3) is 0 Å². The number of rotatable bonds is 2. The van der Waals surface area contributed by atoms with Gasteiger partial charge in [0.1, 0.15) is 11.5 Å². The van der Waals surface area contributed by atoms with E-state index >= 15 is 0 Å². The number of phenols is 1. The van der Waals surface area contributed by atoms with E-state index in [-0.39, 0.29) is 23.5 Å². The van der Waals surface area contributed by atoms with E-state index in [1.165, 1.54) is 7.11 Å². The fourth-order valence-corrected chi connectivity index (χ4v) is 2.33. The van der Waals surface area contributed by atoms with Gasteiger partial charge < -0.3 is 14.9 Å². The van der Waals surface area contributed by atoms with E-state index in [0.717, 1.165) is 0 Å². The third-order valence-electron chi connectivity index (χ3n) is 3.25. The number of benzene rings is 1. The molecule has 1 aliphatic rings. The van der Waals surface area contributed by atoms with Crippen LogP contribution in [0.3, 0.4) is 0 Å². The SMILES string of the molecule is CCc1c(OC)cc2c(c1O)C(=O)CC[C@H]2O. The highest BCUT2D eigenvalue weighted by molar-refractivity contribution is 6.02. The smallest absolute Gasteiger partial charge is 0.167 e. The molecule has 1 atom stereocenters. The molecule has 4 heteroatoms. The predicted molar refractivity (Wildman–Crippen MR) is 62.6 cm³/mol. The average molecular weight is 236 g/mol. The van der Waals surface area contributed by atoms with Crippen LogP contribution >= 0.6 is 0 Å². The van der Waals surface area contributed by atoms with Gasteiger partial charge >= 0.3 is 0 Å². The normalized spacial score (nSPS) is 19.0. The number of aliphatic hydroxyl groups is 1. The van der Waals surface area contributed by atoms with Gasteiger partial charge in [-0.2, -0.15) is 0 Å². The van der Waals surface area contributed by atoms with Crippen molar-refractivity contribution in [2.45, 2.75) is 32.3 Å². The van der Waals surface area contributed by atoms with Crippen LogP contribution in [-0.4, -0.2) is 23.1 Å². The van der Waals surface area contributed by atoms with Gasteiger partial charge in [-0.1, -0.05) is 6.92 Å². The lowest BCUT2D eigenvalue weighted by Gasteiger charge is -2.23. The number of carbonyl (C=O) groups excluding carboxylic acids is 1. The number of hydrogen-bond acceptors (Lipinski definition) is 4. The second-order valence-electron chi connectivity index (χ2n) is 4.20. The van der Waals surface area contributed by atoms with E-state index in [2.05, 4.69) is 0 Å². The maximum absolute atomic E-state index is 11.8. The van der Waals surface area contributed by atoms with Crippen molar-refractivity contribution < 1.29 is 19.7 Å². The van der Waals surface area contributed by atoms with Crippen molar-refractivity contribution in [3.05, 3.63) is 22.8 Å². The Balaban J connectivity index is 2.70. The summed E-state index contributed by atoms with van der Waals surface area (Å²) in [4.78, 5) is 11.8. The monoisotopic (exact) mass is 236 g/mol. The Morgan fingerprint density at radius 2 is 2.24 bits per heavy atom. The van der Waals surface area contributed by atoms with Crippen LogP contribution in [-0.2, 0) is 6.42 Å². The molecule has 2 N–H and O–H groups in total. The summed E-state index contributed by atoms with van der Waals surface area (Å²) in [5.74, 6) is 0.378. The quantitative estimate of drug-likeness (QED) is 0.823. The zero-order chi connectivity index (χ0) is 12.6. The minimum atomic E-state index is -0.701. The first-order valence-corrected chi connectivity index (χ1v) is 5.74. The molecule has 92 valence electrons. The van der Waals surface area contributed by atoms with Gasteiger partial charge in [0.05, 0.1) is 18.8 Å². The van der Waals surface area contributed by atoms with Crippen molar-refractivity contribution in [2.75, 3.05) is 7.11 Å². The molecule has 1 aliphatic carbocycles. The van der Waals surface area contributed by atoms with E-state index < -0.39 is 6.10 Å². The summed E-state index contributed by atoms with van der Waals surface area (Å²) in [5, 5.41) is 20.0. The zero-order valence-electron chi connectivity index (χ0n) is 9.99. The average Bonchev–Trinajstić information content (AvgIpc) is 2.33. The number of carbonyl (C=O) groups is 1. The lowest BCUT2D eigenvalue weighted by molar-refractivity contribution is 0.0892. The molecule has 0 heterocycles. The molecule has 0 spiro atoms. The topological polar surface area (TPSA) is 66.8 Å². The first-order chi connectivity index (χ1) is 8.10. The maximum Gasteiger partial charge on any atom is 0.167 e. The van der Waals surface area contributed by atoms with Crippen LogP contribution < -0.4 is 4.74 Å². The lowest BCUT2D eigenvalue weighted by atomic mass is 9.85. The number of Topliss-reactive ketones (excluding diaryl/α,β-unsaturated/α-hetero) is 1. The minimum absolute atomic E-state index is 0.0365. The number of aromatic hydroxyl groups is 1. The molecule has 17 heavy (non-hydrogen) atoms. The Morgan fingerprint density at radius 3 is 2.82 bits per heavy atom. The molecule has 0 saturated carbocycles. The number of phenolic OH excluding ortho intramolecular Hbond substituents is 1. The first-order valence-electron chi connectivity index (χ1n) is 5.74. The molecule has 2 rings (SSSR count). The molecule has 4 nitrogen and oxygen atoms in total. The third kappa shape index (κ3) is 1.78. The van der Waals surface area contributed by atoms with E-state index in [9.17, 15) is 15.0 Å². The second-order valence-corrected chi connectivity index (χ2v) is 4.20. The number of methoxy groups -OCH3 is 1. The fourth-order valence-electron chi connectivity index (χ4n) is 2.33. The second kappa shape index (κ2) is 4.37. The maximum atomic E-state index is 11.8. The molecule has 0 aliphatic heterocycles. The highest BCUT2D eigenvalue weighted by atomic mass is 16.5. The van der Waals surface area contributed by atoms with Gasteiger partial charge in [-0.25, -0.2) is 0 Å². The Hall–Kier alpha value is -1.55. The number of aliphatic hydroxyl groups excluding tert-OH is 1. The van der Waals surface area contributed by atoms with Crippen LogP contribution in [0.25, 0.3) is 0 Å². The summed E-state index contributed by atoms with van der Waals surface area (Å²) in [6, 6.07) is 1.66. The van der Waals surface area contributed by atoms with Gasteiger partial charge in [-0.05, 0) is 24.5 Å². The molecule has 0 bridgehead atoms. The van der Waals surface area contributed by atoms with Crippen molar-refractivity contribution in [3.8, 4) is 11.5 Å². The van der Waals surface area contributed by atoms with Crippen LogP contribution in [0.15, 0.2) is 6.07 Å². The standard InChI is InChI=1S/C13H16O4/c1-3-7-11(17-2)6-8-9(14)4-5-10(15)12(8)13(7)16/h6,9,14,16H,3-5H2,1-2H3/t9-/m1/s1. The molecule has 0 aromatic heterocycles. The van der Waals surface area contributed by atoms with Gasteiger partial charge in [-0.3, -0.25) is 4.79 Å². The molecule has 1 aromatic rings. The van der Waals surface area contributed by atoms with Crippen LogP contribution in [0, 0.1) is 0 Å². The van der Waals surface area contributed by atoms with Crippen LogP contribution in [0.5, 0.6) is 11.5 Å². The molecule has 0 amide bonds. The number of fused-ring (bicyclic) bond motifs is 1. The highest BCUT2D eigenvalue weighted by Gasteiger charge is 2.29. The Bertz CT molecular complexity index is 465. The lowest BCUT2D eigenvalue weighted by Crippen LogP contribution is -2.16. The van der Waals surface area contributed by atoms with Crippen molar-refractivity contribution in [1.29, 1.82) is 0 Å². The molecule has 0 fully saturated rings. The number of ketones is 1. The summed E-state index contributed by atoms with van der Waals surface area (Å²) >= 11 is 0. The molecule has 0 radical (unpaired) electrons. The van der Waals surface area contributed by atoms with E-state index in [1.54, 1.807) is 6.07 Å². The fraction of sp³-hybridized carbons (Fsp3) is 0.462. The summed E-state index contributed by atoms with van der Waals surface area (Å²) in [5.41, 5.74) is 1.36. The largest absolute Gasteiger partial charge is 0.507 e. The van der Waals surface area contributed by atoms with Crippen molar-refractivity contribution in [2.24, 2.45) is 0 Å². The number of hydrogen-bond donors (Lipinski definition) is 2. The predicted octanol–water partition coefficient (Wildman–Crippen LogP) is 1.97. The van der Waals surface area contributed by atoms with Gasteiger partial charge in [0.15, 0.2) is 5.78 Å². The number of ether oxygens (including phenoxy) is 1. The highest BCUT2D eigenvalue weighted by Crippen LogP contribution is 2.41. The van der Waals surface area contributed by atoms with Crippen molar-refractivity contribution >= 4 is 5.78 Å². The van der Waals surface area contributed by atoms with Gasteiger partial charge in [-0.15, -0.1) is 0 Å². The molecule has 1 aromatic carbocycles. The molecule has 0 saturated heterocycles. The molecule has 0 unspecified atom stereocenters. The first kappa shape index (κ1) is 11.9. The van der Waals surface area contributed by atoms with Crippen LogP contribution in [0.1, 0.15) is 47.4 Å². The van der Waals surface area contributed by atoms with E-state index in [4.69, 9.17) is 4.74 Å². The Morgan fingerprint density at radius 1 is 1.53 bits per heavy atom. The third-order valence-corrected chi connectivity index (χ3v) is 3.25. The van der Waals surface area contributed by atoms with E-state index in [1.807, 2.05) is 6.92 Å². The van der Waals surface area contributed by atoms with Crippen LogP contribution in [0.4, 0.5) is 0 Å². The van der Waals surface area contributed by atoms with Crippen LogP contribution in [0.2, 0.25) is 0 Å². The van der Waals surface area contributed by atoms with Gasteiger partial charge in [0, 0.05) is 12.0 Å². The Labute approximate surface area is 99.8 Å². The summed E-state index contributed by atoms with van der Waals surface area (Å²) in [6.07, 6.45) is 0.552. The zero-order valence-corrected chi connectivity index (χ0v) is 9.99. The molecular formula is C13H16O4. The summed E-state index contributed by atoms with van der Waals surface area (Å²) < 4.78 is 5.18. The van der Waals surface area contributed by atoms with E-state index in [0.29, 0.717) is 29.7 Å². The minimum Gasteiger partial charge on any atom is -0.507 e.